The van der Waals surface area contributed by atoms with E-state index in [0.717, 1.165) is 37.7 Å². The van der Waals surface area contributed by atoms with Crippen molar-refractivity contribution in [1.29, 1.82) is 0 Å². The zero-order chi connectivity index (χ0) is 13.1. The van der Waals surface area contributed by atoms with Gasteiger partial charge in [0.25, 0.3) is 0 Å². The molecule has 0 spiro atoms. The van der Waals surface area contributed by atoms with E-state index in [1.807, 2.05) is 24.5 Å². The molecule has 2 aromatic rings. The fourth-order valence-electron chi connectivity index (χ4n) is 2.54. The molecule has 0 saturated carbocycles. The van der Waals surface area contributed by atoms with Crippen LogP contribution in [0.3, 0.4) is 0 Å². The third-order valence-corrected chi connectivity index (χ3v) is 3.55. The SMILES string of the molecule is CCn1ccnc1[C@H]1OCC[C@@H]1NCc1ccco1. The van der Waals surface area contributed by atoms with E-state index in [-0.39, 0.29) is 12.1 Å². The van der Waals surface area contributed by atoms with Crippen LogP contribution in [0.1, 0.15) is 31.0 Å². The van der Waals surface area contributed by atoms with Crippen molar-refractivity contribution in [1.82, 2.24) is 14.9 Å². The van der Waals surface area contributed by atoms with Gasteiger partial charge in [-0.25, -0.2) is 4.98 Å². The van der Waals surface area contributed by atoms with E-state index in [1.165, 1.54) is 0 Å². The van der Waals surface area contributed by atoms with Gasteiger partial charge in [0.2, 0.25) is 0 Å². The minimum Gasteiger partial charge on any atom is -0.468 e. The number of aryl methyl sites for hydroxylation is 1. The molecule has 1 saturated heterocycles. The first-order chi connectivity index (χ1) is 9.38. The molecule has 0 aromatic carbocycles. The molecule has 1 fully saturated rings. The number of nitrogens with one attached hydrogen (secondary N) is 1. The first-order valence-electron chi connectivity index (χ1n) is 6.77. The van der Waals surface area contributed by atoms with Crippen molar-refractivity contribution >= 4 is 0 Å². The van der Waals surface area contributed by atoms with E-state index in [2.05, 4.69) is 21.8 Å². The lowest BCUT2D eigenvalue weighted by Crippen LogP contribution is -2.32. The third-order valence-electron chi connectivity index (χ3n) is 3.55. The van der Waals surface area contributed by atoms with Crippen LogP contribution in [0.25, 0.3) is 0 Å². The highest BCUT2D eigenvalue weighted by atomic mass is 16.5. The van der Waals surface area contributed by atoms with Crippen LogP contribution in [0.5, 0.6) is 0 Å². The van der Waals surface area contributed by atoms with Crippen molar-refractivity contribution in [2.45, 2.75) is 38.6 Å². The molecule has 2 aromatic heterocycles. The lowest BCUT2D eigenvalue weighted by Gasteiger charge is -2.19. The summed E-state index contributed by atoms with van der Waals surface area (Å²) in [5.41, 5.74) is 0. The Kier molecular flexibility index (Phi) is 3.66. The average Bonchev–Trinajstić information content (AvgIpc) is 3.16. The fourth-order valence-corrected chi connectivity index (χ4v) is 2.54. The summed E-state index contributed by atoms with van der Waals surface area (Å²) in [6, 6.07) is 4.17. The standard InChI is InChI=1S/C14H19N3O2/c1-2-17-7-6-15-14(17)13-12(5-9-19-13)16-10-11-4-3-8-18-11/h3-4,6-8,12-13,16H,2,5,9-10H2,1H3/t12-,13-/m0/s1. The van der Waals surface area contributed by atoms with Gasteiger partial charge in [0, 0.05) is 31.6 Å². The predicted molar refractivity (Wildman–Crippen MR) is 70.5 cm³/mol. The third kappa shape index (κ3) is 2.57. The lowest BCUT2D eigenvalue weighted by molar-refractivity contribution is 0.0882. The van der Waals surface area contributed by atoms with E-state index in [9.17, 15) is 0 Å². The topological polar surface area (TPSA) is 52.2 Å². The second kappa shape index (κ2) is 5.59. The zero-order valence-corrected chi connectivity index (χ0v) is 11.1. The van der Waals surface area contributed by atoms with Gasteiger partial charge in [0.15, 0.2) is 0 Å². The lowest BCUT2D eigenvalue weighted by atomic mass is 10.1. The normalized spacial score (nSPS) is 23.0. The molecule has 19 heavy (non-hydrogen) atoms. The highest BCUT2D eigenvalue weighted by molar-refractivity contribution is 5.04. The Balaban J connectivity index is 1.67. The van der Waals surface area contributed by atoms with Crippen molar-refractivity contribution in [2.75, 3.05) is 6.61 Å². The number of hydrogen-bond donors (Lipinski definition) is 1. The molecule has 0 radical (unpaired) electrons. The van der Waals surface area contributed by atoms with Crippen LogP contribution in [0.2, 0.25) is 0 Å². The van der Waals surface area contributed by atoms with Crippen molar-refractivity contribution in [3.05, 3.63) is 42.4 Å². The predicted octanol–water partition coefficient (Wildman–Crippen LogP) is 2.12. The van der Waals surface area contributed by atoms with Crippen LogP contribution >= 0.6 is 0 Å². The molecule has 2 atom stereocenters. The van der Waals surface area contributed by atoms with Crippen molar-refractivity contribution in [2.24, 2.45) is 0 Å². The molecule has 102 valence electrons. The summed E-state index contributed by atoms with van der Waals surface area (Å²) in [6.45, 7) is 4.53. The quantitative estimate of drug-likeness (QED) is 0.895. The smallest absolute Gasteiger partial charge is 0.139 e. The molecule has 1 aliphatic rings. The molecule has 0 bridgehead atoms. The van der Waals surface area contributed by atoms with Crippen LogP contribution in [0.4, 0.5) is 0 Å². The second-order valence-electron chi connectivity index (χ2n) is 4.72. The van der Waals surface area contributed by atoms with Crippen LogP contribution in [0, 0.1) is 0 Å². The summed E-state index contributed by atoms with van der Waals surface area (Å²) in [5.74, 6) is 1.96. The molecule has 3 rings (SSSR count). The first-order valence-corrected chi connectivity index (χ1v) is 6.77. The zero-order valence-electron chi connectivity index (χ0n) is 11.1. The monoisotopic (exact) mass is 261 g/mol. The maximum atomic E-state index is 5.85. The molecule has 5 nitrogen and oxygen atoms in total. The Labute approximate surface area is 112 Å². The largest absolute Gasteiger partial charge is 0.468 e. The van der Waals surface area contributed by atoms with Crippen molar-refractivity contribution in [3.63, 3.8) is 0 Å². The van der Waals surface area contributed by atoms with Crippen LogP contribution in [-0.4, -0.2) is 22.2 Å². The molecule has 1 N–H and O–H groups in total. The summed E-state index contributed by atoms with van der Waals surface area (Å²) in [6.07, 6.45) is 6.57. The molecule has 0 aliphatic carbocycles. The van der Waals surface area contributed by atoms with Gasteiger partial charge >= 0.3 is 0 Å². The van der Waals surface area contributed by atoms with Gasteiger partial charge in [-0.2, -0.15) is 0 Å². The van der Waals surface area contributed by atoms with Crippen LogP contribution < -0.4 is 5.32 Å². The van der Waals surface area contributed by atoms with Gasteiger partial charge in [-0.15, -0.1) is 0 Å². The molecule has 0 unspecified atom stereocenters. The van der Waals surface area contributed by atoms with Crippen molar-refractivity contribution in [3.8, 4) is 0 Å². The highest BCUT2D eigenvalue weighted by Gasteiger charge is 2.32. The summed E-state index contributed by atoms with van der Waals surface area (Å²) in [4.78, 5) is 4.44. The van der Waals surface area contributed by atoms with E-state index < -0.39 is 0 Å². The number of imidazole rings is 1. The maximum absolute atomic E-state index is 5.85. The minimum atomic E-state index is 0.0323. The molecular weight excluding hydrogens is 242 g/mol. The van der Waals surface area contributed by atoms with Crippen molar-refractivity contribution < 1.29 is 9.15 Å². The molecular formula is C14H19N3O2. The Morgan fingerprint density at radius 3 is 3.26 bits per heavy atom. The van der Waals surface area contributed by atoms with Gasteiger partial charge < -0.3 is 19.0 Å². The molecule has 3 heterocycles. The van der Waals surface area contributed by atoms with Crippen LogP contribution in [-0.2, 0) is 17.8 Å². The number of nitrogens with zero attached hydrogens (tertiary/aromatic N) is 2. The minimum absolute atomic E-state index is 0.0323. The second-order valence-corrected chi connectivity index (χ2v) is 4.72. The van der Waals surface area contributed by atoms with Gasteiger partial charge in [0.05, 0.1) is 12.8 Å². The Morgan fingerprint density at radius 2 is 2.47 bits per heavy atom. The average molecular weight is 261 g/mol. The number of ether oxygens (including phenoxy) is 1. The summed E-state index contributed by atoms with van der Waals surface area (Å²) < 4.78 is 13.3. The van der Waals surface area contributed by atoms with E-state index in [4.69, 9.17) is 9.15 Å². The number of rotatable bonds is 5. The summed E-state index contributed by atoms with van der Waals surface area (Å²) >= 11 is 0. The van der Waals surface area contributed by atoms with Gasteiger partial charge in [-0.1, -0.05) is 0 Å². The van der Waals surface area contributed by atoms with Gasteiger partial charge in [-0.3, -0.25) is 0 Å². The van der Waals surface area contributed by atoms with E-state index in [1.54, 1.807) is 6.26 Å². The Bertz CT molecular complexity index is 507. The number of hydrogen-bond acceptors (Lipinski definition) is 4. The highest BCUT2D eigenvalue weighted by Crippen LogP contribution is 2.28. The molecule has 0 amide bonds. The van der Waals surface area contributed by atoms with E-state index >= 15 is 0 Å². The summed E-state index contributed by atoms with van der Waals surface area (Å²) in [7, 11) is 0. The Hall–Kier alpha value is -1.59. The van der Waals surface area contributed by atoms with Crippen LogP contribution in [0.15, 0.2) is 35.2 Å². The van der Waals surface area contributed by atoms with Gasteiger partial charge in [-0.05, 0) is 25.5 Å². The molecule has 1 aliphatic heterocycles. The van der Waals surface area contributed by atoms with E-state index in [0.29, 0.717) is 0 Å². The maximum Gasteiger partial charge on any atom is 0.139 e. The molecule has 5 heteroatoms. The number of aromatic nitrogens is 2. The number of furan rings is 1. The summed E-state index contributed by atoms with van der Waals surface area (Å²) in [5, 5.41) is 3.50. The Morgan fingerprint density at radius 1 is 1.53 bits per heavy atom. The van der Waals surface area contributed by atoms with Gasteiger partial charge in [0.1, 0.15) is 17.7 Å². The fraction of sp³-hybridized carbons (Fsp3) is 0.500. The first kappa shape index (κ1) is 12.4.